The van der Waals surface area contributed by atoms with Gasteiger partial charge in [-0.25, -0.2) is 14.6 Å². The second kappa shape index (κ2) is 14.0. The van der Waals surface area contributed by atoms with E-state index in [4.69, 9.17) is 15.7 Å². The zero-order valence-electron chi connectivity index (χ0n) is 24.4. The summed E-state index contributed by atoms with van der Waals surface area (Å²) in [7, 11) is 0. The van der Waals surface area contributed by atoms with Gasteiger partial charge in [0.25, 0.3) is 5.91 Å². The van der Waals surface area contributed by atoms with E-state index in [2.05, 4.69) is 15.5 Å². The lowest BCUT2D eigenvalue weighted by molar-refractivity contribution is -0.686. The molecule has 48 heavy (non-hydrogen) atoms. The molecular formula is C28H26N6O11S3. The van der Waals surface area contributed by atoms with E-state index in [1.807, 2.05) is 0 Å². The number of carboxylic acids is 3. The molecule has 0 bridgehead atoms. The van der Waals surface area contributed by atoms with E-state index in [1.54, 1.807) is 24.5 Å². The number of amides is 2. The zero-order chi connectivity index (χ0) is 34.7. The van der Waals surface area contributed by atoms with Gasteiger partial charge in [-0.2, -0.15) is 4.57 Å². The molecule has 5 rings (SSSR count). The SMILES string of the molecule is Nc1nc(C(=NOC(C(=O)O)c2ccc(O)c(O)c2)C(=O)NC2C(=O)N3CC(CSc4cc[n+](CC(=O)O)cc4)(C(=O)[O-])CS[C@H]23)cs1. The summed E-state index contributed by atoms with van der Waals surface area (Å²) in [5, 5.41) is 57.4. The number of pyridine rings is 1. The van der Waals surface area contributed by atoms with E-state index in [0.717, 1.165) is 35.2 Å². The summed E-state index contributed by atoms with van der Waals surface area (Å²) in [6.07, 6.45) is 1.30. The van der Waals surface area contributed by atoms with Crippen molar-refractivity contribution < 1.29 is 58.9 Å². The highest BCUT2D eigenvalue weighted by Gasteiger charge is 2.55. The molecule has 2 aliphatic heterocycles. The summed E-state index contributed by atoms with van der Waals surface area (Å²) in [6, 6.07) is 5.40. The minimum atomic E-state index is -1.82. The van der Waals surface area contributed by atoms with Crippen LogP contribution in [0.15, 0.2) is 58.2 Å². The maximum absolute atomic E-state index is 13.4. The van der Waals surface area contributed by atoms with Crippen molar-refractivity contribution in [2.45, 2.75) is 29.0 Å². The Kier molecular flexibility index (Phi) is 9.96. The van der Waals surface area contributed by atoms with Gasteiger partial charge >= 0.3 is 11.9 Å². The van der Waals surface area contributed by atoms with Crippen molar-refractivity contribution in [2.75, 3.05) is 23.8 Å². The Hall–Kier alpha value is -5.08. The average Bonchev–Trinajstić information content (AvgIpc) is 3.47. The van der Waals surface area contributed by atoms with E-state index in [0.29, 0.717) is 4.90 Å². The van der Waals surface area contributed by atoms with Crippen LogP contribution in [0.5, 0.6) is 11.5 Å². The predicted molar refractivity (Wildman–Crippen MR) is 167 cm³/mol. The second-order valence-corrected chi connectivity index (χ2v) is 13.7. The van der Waals surface area contributed by atoms with Gasteiger partial charge in [-0.15, -0.1) is 34.9 Å². The number of nitrogens with zero attached hydrogens (tertiary/aromatic N) is 4. The summed E-state index contributed by atoms with van der Waals surface area (Å²) in [4.78, 5) is 73.0. The zero-order valence-corrected chi connectivity index (χ0v) is 26.9. The van der Waals surface area contributed by atoms with Crippen molar-refractivity contribution in [1.82, 2.24) is 15.2 Å². The summed E-state index contributed by atoms with van der Waals surface area (Å²) in [5.74, 6) is -6.40. The number of carboxylic acid groups (broad SMARTS) is 3. The number of thioether (sulfide) groups is 2. The van der Waals surface area contributed by atoms with Crippen molar-refractivity contribution in [3.63, 3.8) is 0 Å². The Morgan fingerprint density at radius 1 is 1.21 bits per heavy atom. The van der Waals surface area contributed by atoms with Crippen LogP contribution in [0.4, 0.5) is 5.13 Å². The van der Waals surface area contributed by atoms with Gasteiger partial charge in [0.1, 0.15) is 17.1 Å². The number of nitrogen functional groups attached to an aromatic ring is 1. The van der Waals surface area contributed by atoms with E-state index in [-0.39, 0.29) is 41.0 Å². The number of anilines is 1. The fourth-order valence-electron chi connectivity index (χ4n) is 4.79. The third-order valence-electron chi connectivity index (χ3n) is 7.31. The number of aromatic hydroxyl groups is 2. The van der Waals surface area contributed by atoms with Crippen molar-refractivity contribution in [3.05, 3.63) is 59.4 Å². The van der Waals surface area contributed by atoms with Gasteiger partial charge in [0.15, 0.2) is 34.7 Å². The Labute approximate surface area is 283 Å². The Morgan fingerprint density at radius 3 is 2.54 bits per heavy atom. The molecule has 4 atom stereocenters. The van der Waals surface area contributed by atoms with Gasteiger partial charge in [-0.3, -0.25) is 9.59 Å². The number of aliphatic carboxylic acids is 3. The molecule has 2 amide bonds. The first-order valence-corrected chi connectivity index (χ1v) is 16.7. The molecule has 20 heteroatoms. The monoisotopic (exact) mass is 718 g/mol. The molecule has 0 radical (unpaired) electrons. The van der Waals surface area contributed by atoms with Crippen molar-refractivity contribution in [2.24, 2.45) is 10.6 Å². The number of hydrogen-bond acceptors (Lipinski definition) is 15. The molecule has 3 unspecified atom stereocenters. The maximum atomic E-state index is 13.4. The lowest BCUT2D eigenvalue weighted by atomic mass is 9.89. The molecular weight excluding hydrogens is 693 g/mol. The number of thiazole rings is 1. The molecule has 0 saturated carbocycles. The smallest absolute Gasteiger partial charge is 0.370 e. The van der Waals surface area contributed by atoms with Crippen LogP contribution in [0.1, 0.15) is 17.4 Å². The molecule has 2 fully saturated rings. The summed E-state index contributed by atoms with van der Waals surface area (Å²) < 4.78 is 1.45. The highest BCUT2D eigenvalue weighted by atomic mass is 32.2. The van der Waals surface area contributed by atoms with Crippen LogP contribution in [-0.2, 0) is 35.4 Å². The molecule has 2 aliphatic rings. The minimum Gasteiger partial charge on any atom is -0.549 e. The number of hydrogen-bond donors (Lipinski definition) is 6. The fourth-order valence-corrected chi connectivity index (χ4v) is 8.07. The van der Waals surface area contributed by atoms with E-state index in [9.17, 15) is 44.4 Å². The topological polar surface area (TPSA) is 269 Å². The lowest BCUT2D eigenvalue weighted by Crippen LogP contribution is -2.75. The average molecular weight is 719 g/mol. The molecule has 2 saturated heterocycles. The number of β-lactam (4-membered cyclic amide) rings is 1. The number of fused-ring (bicyclic) bond motifs is 1. The third kappa shape index (κ3) is 7.24. The molecule has 3 aromatic rings. The van der Waals surface area contributed by atoms with Crippen LogP contribution >= 0.6 is 34.9 Å². The number of nitrogens with one attached hydrogen (secondary N) is 1. The number of rotatable bonds is 13. The van der Waals surface area contributed by atoms with Crippen LogP contribution in [0.3, 0.4) is 0 Å². The summed E-state index contributed by atoms with van der Waals surface area (Å²) >= 11 is 3.32. The summed E-state index contributed by atoms with van der Waals surface area (Å²) in [5.41, 5.74) is 3.62. The summed E-state index contributed by atoms with van der Waals surface area (Å²) in [6.45, 7) is -0.406. The Balaban J connectivity index is 1.28. The molecule has 17 nitrogen and oxygen atoms in total. The number of nitrogens with two attached hydrogens (primary N) is 1. The van der Waals surface area contributed by atoms with Gasteiger partial charge in [-0.05, 0) is 12.1 Å². The molecule has 0 aliphatic carbocycles. The molecule has 2 aromatic heterocycles. The number of phenolic OH excluding ortho intramolecular Hbond substituents is 2. The van der Waals surface area contributed by atoms with Gasteiger partial charge in [0.2, 0.25) is 18.6 Å². The number of carbonyl (C=O) groups excluding carboxylic acids is 3. The van der Waals surface area contributed by atoms with Crippen LogP contribution in [-0.4, -0.2) is 95.2 Å². The number of phenols is 2. The van der Waals surface area contributed by atoms with Gasteiger partial charge in [0, 0.05) is 51.4 Å². The molecule has 4 heterocycles. The first-order chi connectivity index (χ1) is 22.8. The van der Waals surface area contributed by atoms with Gasteiger partial charge in [-0.1, -0.05) is 11.2 Å². The standard InChI is InChI=1S/C28H26N6O11S3/c29-27-30-15(9-46-27)19(32-45-21(25(41)42)13-1-2-16(35)17(36)7-13)22(39)31-20-23(40)34-10-28(26(43)44,12-48-24(20)34)11-47-14-3-5-33(6-4-14)8-18(37)38/h1-7,9,20-21,24H,8,10-12H2,(H7-,29,30,31,32,35,36,37,38,39,41,42,43,44)/t20?,21?,24-,28?/m1/s1. The number of oxime groups is 1. The van der Waals surface area contributed by atoms with Crippen molar-refractivity contribution in [1.29, 1.82) is 0 Å². The highest BCUT2D eigenvalue weighted by molar-refractivity contribution is 8.00. The normalized spacial score (nSPS) is 21.0. The second-order valence-electron chi connectivity index (χ2n) is 10.7. The number of benzene rings is 1. The Morgan fingerprint density at radius 2 is 1.94 bits per heavy atom. The fraction of sp³-hybridized carbons (Fsp3) is 0.286. The van der Waals surface area contributed by atoms with E-state index in [1.165, 1.54) is 32.7 Å². The molecule has 252 valence electrons. The minimum absolute atomic E-state index is 0.0570. The van der Waals surface area contributed by atoms with E-state index >= 15 is 0 Å². The number of aromatic nitrogens is 2. The maximum Gasteiger partial charge on any atom is 0.370 e. The number of carbonyl (C=O) groups is 5. The van der Waals surface area contributed by atoms with Gasteiger partial charge in [0.05, 0.1) is 5.97 Å². The predicted octanol–water partition coefficient (Wildman–Crippen LogP) is -1.02. The van der Waals surface area contributed by atoms with Crippen molar-refractivity contribution >= 4 is 75.4 Å². The molecule has 1 aromatic carbocycles. The molecule has 0 spiro atoms. The lowest BCUT2D eigenvalue weighted by Gasteiger charge is -2.55. The Bertz CT molecular complexity index is 1800. The third-order valence-corrected chi connectivity index (χ3v) is 10.9. The van der Waals surface area contributed by atoms with Gasteiger partial charge < -0.3 is 51.1 Å². The van der Waals surface area contributed by atoms with E-state index < -0.39 is 69.9 Å². The van der Waals surface area contributed by atoms with Crippen molar-refractivity contribution in [3.8, 4) is 11.5 Å². The van der Waals surface area contributed by atoms with Crippen LogP contribution in [0.25, 0.3) is 0 Å². The van der Waals surface area contributed by atoms with Crippen LogP contribution < -0.4 is 20.7 Å². The first-order valence-electron chi connectivity index (χ1n) is 13.8. The molecule has 7 N–H and O–H groups in total. The largest absolute Gasteiger partial charge is 0.549 e. The van der Waals surface area contributed by atoms with Crippen LogP contribution in [0, 0.1) is 5.41 Å². The van der Waals surface area contributed by atoms with Crippen LogP contribution in [0.2, 0.25) is 0 Å². The highest BCUT2D eigenvalue weighted by Crippen LogP contribution is 2.44. The quantitative estimate of drug-likeness (QED) is 0.0308. The first kappa shape index (κ1) is 34.3.